The number of nitrogens with zero attached hydrogens (tertiary/aromatic N) is 1. The summed E-state index contributed by atoms with van der Waals surface area (Å²) >= 11 is 0. The Morgan fingerprint density at radius 2 is 2.08 bits per heavy atom. The molecule has 0 amide bonds. The second kappa shape index (κ2) is 4.94. The number of rotatable bonds is 3. The summed E-state index contributed by atoms with van der Waals surface area (Å²) in [6.45, 7) is 4.97. The van der Waals surface area contributed by atoms with E-state index in [9.17, 15) is 0 Å². The van der Waals surface area contributed by atoms with E-state index < -0.39 is 0 Å². The highest BCUT2D eigenvalue weighted by Crippen LogP contribution is 2.26. The van der Waals surface area contributed by atoms with E-state index in [2.05, 4.69) is 11.9 Å². The van der Waals surface area contributed by atoms with Crippen LogP contribution in [0.25, 0.3) is 0 Å². The molecule has 1 fully saturated rings. The van der Waals surface area contributed by atoms with E-state index in [1.54, 1.807) is 7.11 Å². The Hall–Kier alpha value is -0.120. The molecule has 0 bridgehead atoms. The molecule has 0 aromatic carbocycles. The number of hydrogen-bond donors (Lipinski definition) is 0. The van der Waals surface area contributed by atoms with Gasteiger partial charge in [-0.1, -0.05) is 0 Å². The first kappa shape index (κ1) is 11.0. The Kier molecular flexibility index (Phi) is 4.16. The van der Waals surface area contributed by atoms with Crippen molar-refractivity contribution in [3.63, 3.8) is 0 Å². The van der Waals surface area contributed by atoms with Gasteiger partial charge in [0.05, 0.1) is 0 Å². The van der Waals surface area contributed by atoms with Gasteiger partial charge in [-0.2, -0.15) is 0 Å². The van der Waals surface area contributed by atoms with Gasteiger partial charge in [0.1, 0.15) is 0 Å². The summed E-state index contributed by atoms with van der Waals surface area (Å²) in [5, 5.41) is 0. The predicted octanol–water partition coefficient (Wildman–Crippen LogP) is 1.48. The van der Waals surface area contributed by atoms with Crippen LogP contribution in [0.2, 0.25) is 0 Å². The number of likely N-dealkylation sites (tertiary alicyclic amines) is 1. The maximum absolute atomic E-state index is 5.70. The van der Waals surface area contributed by atoms with Gasteiger partial charge in [0, 0.05) is 33.1 Å². The van der Waals surface area contributed by atoms with E-state index >= 15 is 0 Å². The monoisotopic (exact) mass is 187 g/mol. The van der Waals surface area contributed by atoms with Crippen LogP contribution < -0.4 is 0 Å². The second-order valence-electron chi connectivity index (χ2n) is 3.70. The zero-order chi connectivity index (χ0) is 9.73. The quantitative estimate of drug-likeness (QED) is 0.625. The maximum Gasteiger partial charge on any atom is 0.169 e. The smallest absolute Gasteiger partial charge is 0.169 e. The minimum absolute atomic E-state index is 0.306. The molecule has 0 saturated carbocycles. The Labute approximate surface area is 81.0 Å². The highest BCUT2D eigenvalue weighted by atomic mass is 16.7. The number of hydrogen-bond acceptors (Lipinski definition) is 3. The van der Waals surface area contributed by atoms with Crippen molar-refractivity contribution in [3.8, 4) is 0 Å². The lowest BCUT2D eigenvalue weighted by Crippen LogP contribution is -2.36. The minimum atomic E-state index is -0.306. The molecule has 0 aliphatic carbocycles. The molecule has 1 aliphatic heterocycles. The first-order chi connectivity index (χ1) is 6.22. The third kappa shape index (κ3) is 2.93. The van der Waals surface area contributed by atoms with Gasteiger partial charge in [-0.15, -0.1) is 0 Å². The van der Waals surface area contributed by atoms with E-state index in [1.807, 2.05) is 6.92 Å². The van der Waals surface area contributed by atoms with Crippen LogP contribution in [0.5, 0.6) is 0 Å². The Balaban J connectivity index is 2.53. The molecule has 0 aromatic rings. The van der Waals surface area contributed by atoms with Crippen LogP contribution in [-0.4, -0.2) is 44.5 Å². The van der Waals surface area contributed by atoms with Crippen LogP contribution in [-0.2, 0) is 9.47 Å². The molecule has 0 aromatic heterocycles. The van der Waals surface area contributed by atoms with E-state index in [0.29, 0.717) is 0 Å². The van der Waals surface area contributed by atoms with Crippen LogP contribution in [0.4, 0.5) is 0 Å². The molecule has 78 valence electrons. The Bertz CT molecular complexity index is 152. The van der Waals surface area contributed by atoms with Crippen molar-refractivity contribution in [2.75, 3.05) is 33.9 Å². The summed E-state index contributed by atoms with van der Waals surface area (Å²) in [6.07, 6.45) is 3.15. The lowest BCUT2D eigenvalue weighted by molar-refractivity contribution is -0.225. The summed E-state index contributed by atoms with van der Waals surface area (Å²) in [4.78, 5) is 2.33. The average Bonchev–Trinajstić information content (AvgIpc) is 2.30. The first-order valence-corrected chi connectivity index (χ1v) is 5.10. The summed E-state index contributed by atoms with van der Waals surface area (Å²) in [6, 6.07) is 0. The van der Waals surface area contributed by atoms with Crippen molar-refractivity contribution >= 4 is 0 Å². The maximum atomic E-state index is 5.70. The van der Waals surface area contributed by atoms with Crippen LogP contribution in [0.15, 0.2) is 0 Å². The van der Waals surface area contributed by atoms with Crippen LogP contribution in [0.3, 0.4) is 0 Å². The fourth-order valence-corrected chi connectivity index (χ4v) is 1.89. The highest BCUT2D eigenvalue weighted by Gasteiger charge is 2.32. The predicted molar refractivity (Wildman–Crippen MR) is 52.7 cm³/mol. The highest BCUT2D eigenvalue weighted by molar-refractivity contribution is 4.75. The second-order valence-corrected chi connectivity index (χ2v) is 3.70. The molecule has 1 atom stereocenters. The minimum Gasteiger partial charge on any atom is -0.353 e. The lowest BCUT2D eigenvalue weighted by atomic mass is 10.1. The van der Waals surface area contributed by atoms with Gasteiger partial charge in [0.2, 0.25) is 0 Å². The van der Waals surface area contributed by atoms with Gasteiger partial charge >= 0.3 is 0 Å². The summed E-state index contributed by atoms with van der Waals surface area (Å²) in [5.74, 6) is -0.306. The fourth-order valence-electron chi connectivity index (χ4n) is 1.89. The van der Waals surface area contributed by atoms with Gasteiger partial charge < -0.3 is 14.4 Å². The van der Waals surface area contributed by atoms with Crippen molar-refractivity contribution in [3.05, 3.63) is 0 Å². The Morgan fingerprint density at radius 3 is 2.69 bits per heavy atom. The molecule has 0 spiro atoms. The molecule has 1 unspecified atom stereocenters. The van der Waals surface area contributed by atoms with Gasteiger partial charge in [0.15, 0.2) is 5.79 Å². The first-order valence-electron chi connectivity index (χ1n) is 5.10. The molecule has 0 N–H and O–H groups in total. The zero-order valence-corrected chi connectivity index (χ0v) is 9.01. The van der Waals surface area contributed by atoms with Crippen molar-refractivity contribution < 1.29 is 9.47 Å². The molecule has 1 aliphatic rings. The zero-order valence-electron chi connectivity index (χ0n) is 9.01. The van der Waals surface area contributed by atoms with E-state index in [1.165, 1.54) is 0 Å². The van der Waals surface area contributed by atoms with Crippen LogP contribution in [0.1, 0.15) is 26.2 Å². The summed E-state index contributed by atoms with van der Waals surface area (Å²) in [7, 11) is 3.90. The molecular weight excluding hydrogens is 166 g/mol. The van der Waals surface area contributed by atoms with Gasteiger partial charge in [-0.3, -0.25) is 0 Å². The third-order valence-corrected chi connectivity index (χ3v) is 2.75. The van der Waals surface area contributed by atoms with Crippen molar-refractivity contribution in [1.29, 1.82) is 0 Å². The largest absolute Gasteiger partial charge is 0.353 e. The SMILES string of the molecule is CCOC1(OC)CCCN(C)CC1. The van der Waals surface area contributed by atoms with Gasteiger partial charge in [0.25, 0.3) is 0 Å². The van der Waals surface area contributed by atoms with Crippen molar-refractivity contribution in [1.82, 2.24) is 4.90 Å². The van der Waals surface area contributed by atoms with E-state index in [0.717, 1.165) is 39.0 Å². The number of methoxy groups -OCH3 is 1. The van der Waals surface area contributed by atoms with Gasteiger partial charge in [-0.25, -0.2) is 0 Å². The molecule has 1 heterocycles. The molecule has 1 rings (SSSR count). The molecule has 3 nitrogen and oxygen atoms in total. The van der Waals surface area contributed by atoms with Crippen molar-refractivity contribution in [2.45, 2.75) is 32.0 Å². The molecular formula is C10H21NO2. The molecule has 13 heavy (non-hydrogen) atoms. The standard InChI is InChI=1S/C10H21NO2/c1-4-13-10(12-3)6-5-8-11(2)9-7-10/h4-9H2,1-3H3. The average molecular weight is 187 g/mol. The molecule has 0 radical (unpaired) electrons. The third-order valence-electron chi connectivity index (χ3n) is 2.75. The van der Waals surface area contributed by atoms with Gasteiger partial charge in [-0.05, 0) is 26.9 Å². The Morgan fingerprint density at radius 1 is 1.31 bits per heavy atom. The lowest BCUT2D eigenvalue weighted by Gasteiger charge is -2.30. The van der Waals surface area contributed by atoms with Crippen LogP contribution >= 0.6 is 0 Å². The van der Waals surface area contributed by atoms with E-state index in [4.69, 9.17) is 9.47 Å². The molecule has 3 heteroatoms. The van der Waals surface area contributed by atoms with Crippen LogP contribution in [0, 0.1) is 0 Å². The number of ether oxygens (including phenoxy) is 2. The summed E-state index contributed by atoms with van der Waals surface area (Å²) in [5.41, 5.74) is 0. The normalized spacial score (nSPS) is 31.6. The van der Waals surface area contributed by atoms with Crippen molar-refractivity contribution in [2.24, 2.45) is 0 Å². The topological polar surface area (TPSA) is 21.7 Å². The fraction of sp³-hybridized carbons (Fsp3) is 1.00. The summed E-state index contributed by atoms with van der Waals surface area (Å²) < 4.78 is 11.2. The van der Waals surface area contributed by atoms with E-state index in [-0.39, 0.29) is 5.79 Å². The molecule has 1 saturated heterocycles.